The maximum atomic E-state index is 4.26. The zero-order valence-electron chi connectivity index (χ0n) is 15.3. The Labute approximate surface area is 130 Å². The monoisotopic (exact) mass is 288 g/mol. The van der Waals surface area contributed by atoms with Crippen molar-refractivity contribution in [2.24, 2.45) is 5.92 Å². The summed E-state index contributed by atoms with van der Waals surface area (Å²) in [6.45, 7) is 15.7. The van der Waals surface area contributed by atoms with Gasteiger partial charge in [0.15, 0.2) is 0 Å². The van der Waals surface area contributed by atoms with E-state index in [2.05, 4.69) is 91.3 Å². The molecule has 0 radical (unpaired) electrons. The summed E-state index contributed by atoms with van der Waals surface area (Å²) in [5, 5.41) is 2.31. The molecule has 2 heteroatoms. The Hall–Kier alpha value is -1.44. The Balaban J connectivity index is 3.81. The normalized spacial score (nSPS) is 11.7. The number of aryl methyl sites for hydroxylation is 1. The van der Waals surface area contributed by atoms with Crippen molar-refractivity contribution in [1.29, 1.82) is 0 Å². The molecule has 0 aliphatic rings. The number of hydrogen-bond acceptors (Lipinski definition) is 2. The number of nitrogens with zero attached hydrogens (tertiary/aromatic N) is 2. The van der Waals surface area contributed by atoms with Crippen molar-refractivity contribution in [3.63, 3.8) is 0 Å². The molecule has 0 aromatic heterocycles. The van der Waals surface area contributed by atoms with Gasteiger partial charge in [0.05, 0.1) is 0 Å². The molecule has 0 bridgehead atoms. The van der Waals surface area contributed by atoms with Gasteiger partial charge in [-0.25, -0.2) is 0 Å². The number of benzene rings is 1. The third-order valence-electron chi connectivity index (χ3n) is 4.68. The van der Waals surface area contributed by atoms with Crippen molar-refractivity contribution in [1.82, 2.24) is 9.80 Å². The summed E-state index contributed by atoms with van der Waals surface area (Å²) in [5.74, 6) is 1.78. The molecular formula is C19H32N2. The average molecular weight is 288 g/mol. The highest BCUT2D eigenvalue weighted by Gasteiger charge is 2.26. The molecule has 1 rings (SSSR count). The van der Waals surface area contributed by atoms with Crippen molar-refractivity contribution in [3.05, 3.63) is 33.7 Å². The second-order valence-corrected chi connectivity index (χ2v) is 7.31. The predicted molar refractivity (Wildman–Crippen MR) is 94.6 cm³/mol. The SMILES string of the molecule is C=c1cc(C)c(C(C)(C)C(C)C)cc1=C(N(C)C)N(C)C. The first-order valence-electron chi connectivity index (χ1n) is 7.69. The van der Waals surface area contributed by atoms with Crippen LogP contribution in [-0.4, -0.2) is 38.0 Å². The maximum Gasteiger partial charge on any atom is 0.111 e. The quantitative estimate of drug-likeness (QED) is 0.840. The molecular weight excluding hydrogens is 256 g/mol. The highest BCUT2D eigenvalue weighted by atomic mass is 15.3. The lowest BCUT2D eigenvalue weighted by Gasteiger charge is -2.32. The lowest BCUT2D eigenvalue weighted by Crippen LogP contribution is -2.39. The van der Waals surface area contributed by atoms with Gasteiger partial charge in [0.1, 0.15) is 5.82 Å². The van der Waals surface area contributed by atoms with Gasteiger partial charge in [-0.3, -0.25) is 0 Å². The smallest absolute Gasteiger partial charge is 0.111 e. The van der Waals surface area contributed by atoms with E-state index in [1.54, 1.807) is 0 Å². The second-order valence-electron chi connectivity index (χ2n) is 7.31. The highest BCUT2D eigenvalue weighted by molar-refractivity contribution is 5.45. The Morgan fingerprint density at radius 2 is 1.52 bits per heavy atom. The second kappa shape index (κ2) is 6.13. The summed E-state index contributed by atoms with van der Waals surface area (Å²) >= 11 is 0. The van der Waals surface area contributed by atoms with Crippen LogP contribution in [0, 0.1) is 12.8 Å². The van der Waals surface area contributed by atoms with Gasteiger partial charge < -0.3 is 9.80 Å². The number of rotatable bonds is 4. The van der Waals surface area contributed by atoms with E-state index >= 15 is 0 Å². The summed E-state index contributed by atoms with van der Waals surface area (Å²) in [6.07, 6.45) is 0. The van der Waals surface area contributed by atoms with Gasteiger partial charge in [-0.1, -0.05) is 40.3 Å². The molecule has 2 nitrogen and oxygen atoms in total. The molecule has 0 atom stereocenters. The zero-order valence-corrected chi connectivity index (χ0v) is 15.3. The van der Waals surface area contributed by atoms with Crippen molar-refractivity contribution < 1.29 is 0 Å². The van der Waals surface area contributed by atoms with Gasteiger partial charge in [-0.2, -0.15) is 0 Å². The summed E-state index contributed by atoms with van der Waals surface area (Å²) in [6, 6.07) is 4.56. The van der Waals surface area contributed by atoms with E-state index in [0.717, 1.165) is 5.22 Å². The summed E-state index contributed by atoms with van der Waals surface area (Å²) < 4.78 is 0. The first-order chi connectivity index (χ1) is 9.50. The minimum Gasteiger partial charge on any atom is -0.364 e. The molecule has 0 amide bonds. The lowest BCUT2D eigenvalue weighted by molar-refractivity contribution is 0.370. The topological polar surface area (TPSA) is 6.48 Å². The minimum atomic E-state index is 0.149. The Morgan fingerprint density at radius 1 is 1.05 bits per heavy atom. The van der Waals surface area contributed by atoms with Crippen molar-refractivity contribution >= 4 is 12.4 Å². The highest BCUT2D eigenvalue weighted by Crippen LogP contribution is 2.32. The van der Waals surface area contributed by atoms with Gasteiger partial charge in [-0.05, 0) is 40.7 Å². The molecule has 0 saturated carbocycles. The van der Waals surface area contributed by atoms with Gasteiger partial charge in [0, 0.05) is 33.4 Å². The third kappa shape index (κ3) is 3.42. The summed E-state index contributed by atoms with van der Waals surface area (Å²) in [5.41, 5.74) is 2.90. The molecule has 0 fully saturated rings. The molecule has 1 aromatic carbocycles. The molecule has 0 N–H and O–H groups in total. The van der Waals surface area contributed by atoms with Gasteiger partial charge in [0.25, 0.3) is 0 Å². The van der Waals surface area contributed by atoms with Crippen LogP contribution in [0.1, 0.15) is 38.8 Å². The number of hydrogen-bond donors (Lipinski definition) is 0. The minimum absolute atomic E-state index is 0.149. The van der Waals surface area contributed by atoms with E-state index in [9.17, 15) is 0 Å². The summed E-state index contributed by atoms with van der Waals surface area (Å²) in [4.78, 5) is 4.32. The fourth-order valence-electron chi connectivity index (χ4n) is 2.86. The van der Waals surface area contributed by atoms with Crippen LogP contribution in [0.2, 0.25) is 0 Å². The first kappa shape index (κ1) is 17.6. The van der Waals surface area contributed by atoms with Crippen LogP contribution in [-0.2, 0) is 5.41 Å². The summed E-state index contributed by atoms with van der Waals surface area (Å²) in [7, 11) is 8.34. The largest absolute Gasteiger partial charge is 0.364 e. The molecule has 21 heavy (non-hydrogen) atoms. The molecule has 0 heterocycles. The van der Waals surface area contributed by atoms with E-state index in [1.807, 2.05) is 0 Å². The van der Waals surface area contributed by atoms with Gasteiger partial charge >= 0.3 is 0 Å². The van der Waals surface area contributed by atoms with Gasteiger partial charge in [-0.15, -0.1) is 0 Å². The van der Waals surface area contributed by atoms with E-state index in [0.29, 0.717) is 5.92 Å². The van der Waals surface area contributed by atoms with Crippen LogP contribution >= 0.6 is 0 Å². The van der Waals surface area contributed by atoms with Crippen molar-refractivity contribution in [2.45, 2.75) is 40.0 Å². The molecule has 0 aliphatic heterocycles. The van der Waals surface area contributed by atoms with E-state index in [-0.39, 0.29) is 5.41 Å². The van der Waals surface area contributed by atoms with E-state index in [1.165, 1.54) is 22.2 Å². The standard InChI is InChI=1S/C19H32N2/c1-13(2)19(5,6)17-12-16(14(3)11-15(17)4)18(20(7)8)21(9)10/h11-13H,3H2,1-2,4-10H3. The Bertz CT molecular complexity index is 597. The van der Waals surface area contributed by atoms with Crippen molar-refractivity contribution in [2.75, 3.05) is 28.2 Å². The molecule has 1 aromatic rings. The molecule has 0 saturated heterocycles. The first-order valence-corrected chi connectivity index (χ1v) is 7.69. The zero-order chi connectivity index (χ0) is 16.5. The van der Waals surface area contributed by atoms with E-state index in [4.69, 9.17) is 0 Å². The maximum absolute atomic E-state index is 4.26. The molecule has 0 aliphatic carbocycles. The molecule has 118 valence electrons. The Kier molecular flexibility index (Phi) is 5.14. The van der Waals surface area contributed by atoms with Crippen LogP contribution in [0.15, 0.2) is 12.1 Å². The Morgan fingerprint density at radius 3 is 1.90 bits per heavy atom. The van der Waals surface area contributed by atoms with Crippen LogP contribution < -0.4 is 10.4 Å². The molecule has 0 spiro atoms. The van der Waals surface area contributed by atoms with Crippen molar-refractivity contribution in [3.8, 4) is 0 Å². The van der Waals surface area contributed by atoms with E-state index < -0.39 is 0 Å². The van der Waals surface area contributed by atoms with Crippen LogP contribution in [0.3, 0.4) is 0 Å². The lowest BCUT2D eigenvalue weighted by atomic mass is 9.73. The predicted octanol–water partition coefficient (Wildman–Crippen LogP) is 2.53. The van der Waals surface area contributed by atoms with Crippen LogP contribution in [0.5, 0.6) is 0 Å². The fourth-order valence-corrected chi connectivity index (χ4v) is 2.86. The van der Waals surface area contributed by atoms with Crippen LogP contribution in [0.25, 0.3) is 12.4 Å². The van der Waals surface area contributed by atoms with Gasteiger partial charge in [0.2, 0.25) is 0 Å². The third-order valence-corrected chi connectivity index (χ3v) is 4.68. The molecule has 0 unspecified atom stereocenters. The van der Waals surface area contributed by atoms with Crippen LogP contribution in [0.4, 0.5) is 0 Å². The fraction of sp³-hybridized carbons (Fsp3) is 0.579. The average Bonchev–Trinajstić information content (AvgIpc) is 2.30.